The molecule has 0 aliphatic carbocycles. The molecule has 0 fully saturated rings. The predicted octanol–water partition coefficient (Wildman–Crippen LogP) is 4.61. The predicted molar refractivity (Wildman–Crippen MR) is 55.2 cm³/mol. The van der Waals surface area contributed by atoms with Gasteiger partial charge in [-0.3, -0.25) is 0 Å². The Hall–Kier alpha value is 0.0900. The molecular weight excluding hydrogens is 214 g/mol. The zero-order valence-electron chi connectivity index (χ0n) is 6.79. The van der Waals surface area contributed by atoms with Gasteiger partial charge in [0.25, 0.3) is 0 Å². The molecule has 1 radical (unpaired) electrons. The normalized spacial score (nSPS) is 10.8. The summed E-state index contributed by atoms with van der Waals surface area (Å²) in [4.78, 5) is 0. The first-order valence-corrected chi connectivity index (χ1v) is 4.61. The average molecular weight is 223 g/mol. The zero-order valence-corrected chi connectivity index (χ0v) is 9.06. The van der Waals surface area contributed by atoms with Crippen molar-refractivity contribution in [2.75, 3.05) is 0 Å². The van der Waals surface area contributed by atoms with Gasteiger partial charge in [0, 0.05) is 5.92 Å². The Morgan fingerprint density at radius 1 is 1.00 bits per heavy atom. The van der Waals surface area contributed by atoms with Gasteiger partial charge in [-0.1, -0.05) is 54.7 Å². The van der Waals surface area contributed by atoms with Crippen molar-refractivity contribution in [1.82, 2.24) is 0 Å². The van der Waals surface area contributed by atoms with E-state index in [2.05, 4.69) is 0 Å². The molecule has 0 atom stereocenters. The van der Waals surface area contributed by atoms with Crippen LogP contribution >= 0.6 is 34.8 Å². The molecule has 0 aliphatic heterocycles. The molecule has 1 aromatic carbocycles. The standard InChI is InChI=1S/C9H8Cl3/c1-5(2)6-3-4-7(10)9(12)8(6)11/h3-4H,1-2H3. The average Bonchev–Trinajstić information content (AvgIpc) is 2.00. The molecular formula is C9H8Cl3. The highest BCUT2D eigenvalue weighted by atomic mass is 35.5. The van der Waals surface area contributed by atoms with Gasteiger partial charge in [-0.15, -0.1) is 0 Å². The Labute approximate surface area is 87.4 Å². The van der Waals surface area contributed by atoms with Crippen LogP contribution in [0, 0.1) is 5.92 Å². The minimum absolute atomic E-state index is 0.428. The van der Waals surface area contributed by atoms with E-state index in [-0.39, 0.29) is 0 Å². The number of hydrogen-bond acceptors (Lipinski definition) is 0. The van der Waals surface area contributed by atoms with Crippen molar-refractivity contribution in [1.29, 1.82) is 0 Å². The largest absolute Gasteiger partial charge is 0.0827 e. The summed E-state index contributed by atoms with van der Waals surface area (Å²) in [7, 11) is 0. The van der Waals surface area contributed by atoms with E-state index in [1.807, 2.05) is 19.9 Å². The maximum atomic E-state index is 5.96. The fourth-order valence-electron chi connectivity index (χ4n) is 0.912. The molecule has 12 heavy (non-hydrogen) atoms. The number of halogens is 3. The van der Waals surface area contributed by atoms with E-state index in [4.69, 9.17) is 34.8 Å². The van der Waals surface area contributed by atoms with Crippen LogP contribution in [0.2, 0.25) is 15.1 Å². The second-order valence-corrected chi connectivity index (χ2v) is 3.89. The van der Waals surface area contributed by atoms with Crippen LogP contribution < -0.4 is 0 Å². The third kappa shape index (κ3) is 1.87. The van der Waals surface area contributed by atoms with Crippen molar-refractivity contribution in [2.45, 2.75) is 13.8 Å². The molecule has 0 aromatic heterocycles. The third-order valence-electron chi connectivity index (χ3n) is 1.57. The van der Waals surface area contributed by atoms with Crippen molar-refractivity contribution in [3.63, 3.8) is 0 Å². The molecule has 1 aromatic rings. The topological polar surface area (TPSA) is 0 Å². The fourth-order valence-corrected chi connectivity index (χ4v) is 1.64. The van der Waals surface area contributed by atoms with Crippen molar-refractivity contribution in [3.05, 3.63) is 38.7 Å². The van der Waals surface area contributed by atoms with E-state index in [1.165, 1.54) is 0 Å². The molecule has 0 saturated carbocycles. The summed E-state index contributed by atoms with van der Waals surface area (Å²) in [5.74, 6) is 1.12. The van der Waals surface area contributed by atoms with E-state index in [0.29, 0.717) is 15.1 Å². The lowest BCUT2D eigenvalue weighted by atomic mass is 10.0. The van der Waals surface area contributed by atoms with Crippen LogP contribution in [-0.4, -0.2) is 0 Å². The third-order valence-corrected chi connectivity index (χ3v) is 2.87. The number of rotatable bonds is 1. The highest BCUT2D eigenvalue weighted by molar-refractivity contribution is 6.48. The summed E-state index contributed by atoms with van der Waals surface area (Å²) < 4.78 is 0. The highest BCUT2D eigenvalue weighted by Gasteiger charge is 2.10. The van der Waals surface area contributed by atoms with Crippen LogP contribution in [0.15, 0.2) is 12.1 Å². The highest BCUT2D eigenvalue weighted by Crippen LogP contribution is 2.35. The lowest BCUT2D eigenvalue weighted by Crippen LogP contribution is -1.90. The van der Waals surface area contributed by atoms with Gasteiger partial charge in [-0.2, -0.15) is 0 Å². The van der Waals surface area contributed by atoms with Gasteiger partial charge in [0.15, 0.2) is 0 Å². The van der Waals surface area contributed by atoms with E-state index >= 15 is 0 Å². The number of hydrogen-bond donors (Lipinski definition) is 0. The fraction of sp³-hybridized carbons (Fsp3) is 0.222. The maximum Gasteiger partial charge on any atom is 0.0781 e. The van der Waals surface area contributed by atoms with E-state index in [0.717, 1.165) is 11.5 Å². The molecule has 0 bridgehead atoms. The number of benzene rings is 1. The quantitative estimate of drug-likeness (QED) is 0.609. The Morgan fingerprint density at radius 3 is 2.08 bits per heavy atom. The minimum Gasteiger partial charge on any atom is -0.0827 e. The van der Waals surface area contributed by atoms with Gasteiger partial charge in [0.2, 0.25) is 0 Å². The zero-order chi connectivity index (χ0) is 9.30. The smallest absolute Gasteiger partial charge is 0.0781 e. The Morgan fingerprint density at radius 2 is 1.58 bits per heavy atom. The molecule has 0 aliphatic rings. The second-order valence-electron chi connectivity index (χ2n) is 2.72. The molecule has 3 heteroatoms. The summed E-state index contributed by atoms with van der Waals surface area (Å²) in [6.07, 6.45) is 0. The van der Waals surface area contributed by atoms with Gasteiger partial charge in [-0.05, 0) is 11.6 Å². The second kappa shape index (κ2) is 3.87. The molecule has 0 heterocycles. The summed E-state index contributed by atoms with van der Waals surface area (Å²) in [6.45, 7) is 3.96. The molecule has 0 saturated heterocycles. The van der Waals surface area contributed by atoms with E-state index in [9.17, 15) is 0 Å². The van der Waals surface area contributed by atoms with Gasteiger partial charge in [-0.25, -0.2) is 0 Å². The summed E-state index contributed by atoms with van der Waals surface area (Å²) >= 11 is 17.6. The molecule has 0 nitrogen and oxygen atoms in total. The van der Waals surface area contributed by atoms with Crippen molar-refractivity contribution >= 4 is 34.8 Å². The summed E-state index contributed by atoms with van der Waals surface area (Å²) in [5.41, 5.74) is 0.950. The van der Waals surface area contributed by atoms with Crippen LogP contribution in [0.1, 0.15) is 19.4 Å². The Kier molecular flexibility index (Phi) is 3.28. The molecule has 0 amide bonds. The van der Waals surface area contributed by atoms with Crippen molar-refractivity contribution in [2.24, 2.45) is 0 Å². The first kappa shape index (κ1) is 10.2. The Balaban J connectivity index is 3.27. The van der Waals surface area contributed by atoms with E-state index in [1.54, 1.807) is 6.07 Å². The first-order valence-electron chi connectivity index (χ1n) is 3.48. The monoisotopic (exact) mass is 221 g/mol. The minimum atomic E-state index is 0.428. The molecule has 65 valence electrons. The van der Waals surface area contributed by atoms with Crippen LogP contribution in [0.3, 0.4) is 0 Å². The van der Waals surface area contributed by atoms with Crippen LogP contribution in [-0.2, 0) is 0 Å². The maximum absolute atomic E-state index is 5.96. The SMILES string of the molecule is C[C](C)c1ccc(Cl)c(Cl)c1Cl. The van der Waals surface area contributed by atoms with Crippen LogP contribution in [0.25, 0.3) is 0 Å². The molecule has 1 rings (SSSR count). The molecule has 0 N–H and O–H groups in total. The van der Waals surface area contributed by atoms with Gasteiger partial charge in [0.1, 0.15) is 0 Å². The lowest BCUT2D eigenvalue weighted by molar-refractivity contribution is 1.15. The van der Waals surface area contributed by atoms with Crippen molar-refractivity contribution < 1.29 is 0 Å². The lowest BCUT2D eigenvalue weighted by Gasteiger charge is -2.09. The Bertz CT molecular complexity index is 292. The summed E-state index contributed by atoms with van der Waals surface area (Å²) in [6, 6.07) is 3.62. The molecule has 0 spiro atoms. The van der Waals surface area contributed by atoms with Crippen LogP contribution in [0.4, 0.5) is 0 Å². The van der Waals surface area contributed by atoms with Gasteiger partial charge >= 0.3 is 0 Å². The van der Waals surface area contributed by atoms with Gasteiger partial charge < -0.3 is 0 Å². The van der Waals surface area contributed by atoms with Crippen molar-refractivity contribution in [3.8, 4) is 0 Å². The van der Waals surface area contributed by atoms with Crippen LogP contribution in [0.5, 0.6) is 0 Å². The first-order chi connectivity index (χ1) is 5.54. The molecule has 0 unspecified atom stereocenters. The van der Waals surface area contributed by atoms with Gasteiger partial charge in [0.05, 0.1) is 15.1 Å². The summed E-state index contributed by atoms with van der Waals surface area (Å²) in [5, 5.41) is 1.45. The van der Waals surface area contributed by atoms with E-state index < -0.39 is 0 Å².